The molecule has 9 nitrogen and oxygen atoms in total. The van der Waals surface area contributed by atoms with Crippen LogP contribution >= 0.6 is 0 Å². The molecule has 0 aliphatic heterocycles. The average molecular weight is 520 g/mol. The molecule has 0 radical (unpaired) electrons. The smallest absolute Gasteiger partial charge is 0.231 e. The number of ether oxygens (including phenoxy) is 2. The number of aromatic nitrogens is 2. The van der Waals surface area contributed by atoms with Crippen molar-refractivity contribution in [3.63, 3.8) is 0 Å². The zero-order chi connectivity index (χ0) is 26.6. The van der Waals surface area contributed by atoms with Crippen molar-refractivity contribution in [1.29, 1.82) is 0 Å². The van der Waals surface area contributed by atoms with Gasteiger partial charge in [0.25, 0.3) is 0 Å². The van der Waals surface area contributed by atoms with Crippen LogP contribution in [0.1, 0.15) is 35.1 Å². The molecule has 0 spiro atoms. The van der Waals surface area contributed by atoms with Gasteiger partial charge in [-0.3, -0.25) is 10.9 Å². The highest BCUT2D eigenvalue weighted by Gasteiger charge is 2.20. The molecule has 2 aliphatic carbocycles. The van der Waals surface area contributed by atoms with E-state index >= 15 is 0 Å². The molecule has 4 aromatic rings. The number of anilines is 4. The predicted molar refractivity (Wildman–Crippen MR) is 155 cm³/mol. The summed E-state index contributed by atoms with van der Waals surface area (Å²) >= 11 is 0. The Bertz CT molecular complexity index is 1470. The molecule has 6 rings (SSSR count). The molecule has 1 heterocycles. The molecule has 196 valence electrons. The third-order valence-corrected chi connectivity index (χ3v) is 6.89. The van der Waals surface area contributed by atoms with Gasteiger partial charge in [-0.25, -0.2) is 0 Å². The Morgan fingerprint density at radius 2 is 1.18 bits per heavy atom. The lowest BCUT2D eigenvalue weighted by atomic mass is 10.1. The zero-order valence-electron chi connectivity index (χ0n) is 21.9. The van der Waals surface area contributed by atoms with Crippen molar-refractivity contribution in [2.75, 3.05) is 30.4 Å². The fourth-order valence-electron chi connectivity index (χ4n) is 4.86. The topological polar surface area (TPSA) is 105 Å². The highest BCUT2D eigenvalue weighted by Crippen LogP contribution is 2.28. The molecule has 1 aromatic heterocycles. The van der Waals surface area contributed by atoms with Crippen LogP contribution in [0.5, 0.6) is 11.5 Å². The minimum atomic E-state index is 0.427. The molecule has 0 saturated carbocycles. The van der Waals surface area contributed by atoms with Crippen LogP contribution in [0.4, 0.5) is 23.3 Å². The number of methoxy groups -OCH3 is 2. The lowest BCUT2D eigenvalue weighted by Crippen LogP contribution is -2.07. The first-order valence-corrected chi connectivity index (χ1v) is 12.9. The van der Waals surface area contributed by atoms with Crippen LogP contribution in [0.25, 0.3) is 0 Å². The first-order chi connectivity index (χ1) is 19.2. The summed E-state index contributed by atoms with van der Waals surface area (Å²) in [6.07, 6.45) is 3.58. The number of para-hydroxylation sites is 1. The molecule has 0 atom stereocenters. The molecule has 0 unspecified atom stereocenters. The van der Waals surface area contributed by atoms with E-state index in [2.05, 4.69) is 38.3 Å². The van der Waals surface area contributed by atoms with Gasteiger partial charge in [0.05, 0.1) is 25.6 Å². The first kappa shape index (κ1) is 24.4. The second kappa shape index (κ2) is 10.8. The lowest BCUT2D eigenvalue weighted by Gasteiger charge is -2.10. The molecule has 0 fully saturated rings. The number of hydrogen-bond donors (Lipinski definition) is 3. The van der Waals surface area contributed by atoms with Crippen LogP contribution in [0.2, 0.25) is 0 Å². The van der Waals surface area contributed by atoms with Crippen molar-refractivity contribution in [1.82, 2.24) is 9.97 Å². The second-order valence-corrected chi connectivity index (χ2v) is 9.34. The Balaban J connectivity index is 1.28. The van der Waals surface area contributed by atoms with Crippen molar-refractivity contribution in [2.45, 2.75) is 25.7 Å². The third-order valence-electron chi connectivity index (χ3n) is 6.89. The van der Waals surface area contributed by atoms with E-state index < -0.39 is 0 Å². The fourth-order valence-corrected chi connectivity index (χ4v) is 4.86. The highest BCUT2D eigenvalue weighted by atomic mass is 16.5. The Labute approximate surface area is 227 Å². The van der Waals surface area contributed by atoms with Crippen LogP contribution in [0.15, 0.2) is 83.0 Å². The number of hydrazone groups is 2. The quantitative estimate of drug-likeness (QED) is 0.254. The Hall–Kier alpha value is -4.92. The van der Waals surface area contributed by atoms with Crippen LogP contribution < -0.4 is 25.6 Å². The number of nitrogens with zero attached hydrogens (tertiary/aromatic N) is 4. The minimum absolute atomic E-state index is 0.427. The maximum Gasteiger partial charge on any atom is 0.231 e. The molecular formula is C30H29N7O2. The van der Waals surface area contributed by atoms with E-state index in [9.17, 15) is 0 Å². The van der Waals surface area contributed by atoms with Crippen molar-refractivity contribution < 1.29 is 9.47 Å². The van der Waals surface area contributed by atoms with Crippen LogP contribution in [-0.2, 0) is 12.8 Å². The monoisotopic (exact) mass is 519 g/mol. The van der Waals surface area contributed by atoms with Gasteiger partial charge in [0.15, 0.2) is 11.6 Å². The van der Waals surface area contributed by atoms with E-state index in [0.29, 0.717) is 17.6 Å². The largest absolute Gasteiger partial charge is 0.497 e. The van der Waals surface area contributed by atoms with Crippen molar-refractivity contribution in [3.05, 3.63) is 95.1 Å². The summed E-state index contributed by atoms with van der Waals surface area (Å²) in [5.74, 6) is 3.15. The molecule has 9 heteroatoms. The summed E-state index contributed by atoms with van der Waals surface area (Å²) in [5.41, 5.74) is 13.8. The minimum Gasteiger partial charge on any atom is -0.497 e. The Morgan fingerprint density at radius 1 is 0.641 bits per heavy atom. The Morgan fingerprint density at radius 3 is 1.69 bits per heavy atom. The van der Waals surface area contributed by atoms with Gasteiger partial charge in [0.1, 0.15) is 11.5 Å². The number of rotatable bonds is 8. The number of hydrogen-bond acceptors (Lipinski definition) is 9. The molecule has 0 saturated heterocycles. The maximum atomic E-state index is 5.41. The van der Waals surface area contributed by atoms with Crippen LogP contribution in [0, 0.1) is 0 Å². The number of nitrogens with one attached hydrogen (secondary N) is 3. The van der Waals surface area contributed by atoms with E-state index in [1.807, 2.05) is 54.6 Å². The van der Waals surface area contributed by atoms with Gasteiger partial charge in [0.2, 0.25) is 5.95 Å². The van der Waals surface area contributed by atoms with Gasteiger partial charge >= 0.3 is 0 Å². The maximum absolute atomic E-state index is 5.41. The van der Waals surface area contributed by atoms with Crippen molar-refractivity contribution in [3.8, 4) is 11.5 Å². The van der Waals surface area contributed by atoms with E-state index in [-0.39, 0.29) is 0 Å². The molecular weight excluding hydrogens is 490 g/mol. The summed E-state index contributed by atoms with van der Waals surface area (Å²) in [5, 5.41) is 12.7. The second-order valence-electron chi connectivity index (χ2n) is 9.34. The van der Waals surface area contributed by atoms with Gasteiger partial charge in [-0.1, -0.05) is 30.3 Å². The molecule has 0 amide bonds. The summed E-state index contributed by atoms with van der Waals surface area (Å²) in [7, 11) is 3.35. The fraction of sp³-hybridized carbons (Fsp3) is 0.200. The van der Waals surface area contributed by atoms with Crippen LogP contribution in [0.3, 0.4) is 0 Å². The van der Waals surface area contributed by atoms with Gasteiger partial charge in [-0.05, 0) is 73.2 Å². The normalized spacial score (nSPS) is 15.6. The third kappa shape index (κ3) is 5.38. The van der Waals surface area contributed by atoms with Crippen LogP contribution in [-0.4, -0.2) is 35.6 Å². The zero-order valence-corrected chi connectivity index (χ0v) is 21.9. The summed E-state index contributed by atoms with van der Waals surface area (Å²) in [4.78, 5) is 9.30. The molecule has 39 heavy (non-hydrogen) atoms. The van der Waals surface area contributed by atoms with E-state index in [1.165, 1.54) is 11.1 Å². The van der Waals surface area contributed by atoms with E-state index in [4.69, 9.17) is 19.7 Å². The summed E-state index contributed by atoms with van der Waals surface area (Å²) in [6.45, 7) is 0. The average Bonchev–Trinajstić information content (AvgIpc) is 3.58. The van der Waals surface area contributed by atoms with Gasteiger partial charge in [-0.15, -0.1) is 0 Å². The van der Waals surface area contributed by atoms with Gasteiger partial charge < -0.3 is 14.8 Å². The lowest BCUT2D eigenvalue weighted by molar-refractivity contribution is 0.414. The predicted octanol–water partition coefficient (Wildman–Crippen LogP) is 5.76. The van der Waals surface area contributed by atoms with Gasteiger partial charge in [0, 0.05) is 22.9 Å². The van der Waals surface area contributed by atoms with E-state index in [0.717, 1.165) is 65.4 Å². The van der Waals surface area contributed by atoms with Crippen molar-refractivity contribution >= 4 is 34.7 Å². The standard InChI is InChI=1S/C30H29N7O2/c1-38-22-12-8-19-10-14-26(24(19)16-22)34-36-28-18-29(33-30(32-28)31-21-6-4-3-5-7-21)37-35-27-15-11-20-9-13-23(39-2)17-25(20)27/h3-9,12-13,16-18H,10-11,14-15H2,1-2H3,(H3,31,32,33,36,37). The number of benzene rings is 3. The summed E-state index contributed by atoms with van der Waals surface area (Å²) < 4.78 is 10.8. The van der Waals surface area contributed by atoms with Crippen molar-refractivity contribution in [2.24, 2.45) is 10.2 Å². The molecule has 2 aliphatic rings. The van der Waals surface area contributed by atoms with Gasteiger partial charge in [-0.2, -0.15) is 20.2 Å². The Kier molecular flexibility index (Phi) is 6.78. The molecule has 3 aromatic carbocycles. The molecule has 0 bridgehead atoms. The highest BCUT2D eigenvalue weighted by molar-refractivity contribution is 6.05. The number of fused-ring (bicyclic) bond motifs is 2. The SMILES string of the molecule is COc1ccc2c(c1)C(=NNc1cc(NN=C3CCc4ccc(OC)cc43)nc(Nc3ccccc3)n1)CC2. The molecule has 3 N–H and O–H groups in total. The van der Waals surface area contributed by atoms with E-state index in [1.54, 1.807) is 20.3 Å². The first-order valence-electron chi connectivity index (χ1n) is 12.9. The number of aryl methyl sites for hydroxylation is 2. The summed E-state index contributed by atoms with van der Waals surface area (Å²) in [6, 6.07) is 23.8.